The van der Waals surface area contributed by atoms with Crippen molar-refractivity contribution in [3.63, 3.8) is 0 Å². The van der Waals surface area contributed by atoms with E-state index in [1.54, 1.807) is 6.08 Å². The normalized spacial score (nSPS) is 20.0. The molecule has 0 aromatic heterocycles. The Balaban J connectivity index is 2.12. The molecule has 6 N–H and O–H groups in total. The minimum absolute atomic E-state index is 0.0217. The van der Waals surface area contributed by atoms with Gasteiger partial charge >= 0.3 is 5.97 Å². The van der Waals surface area contributed by atoms with Crippen molar-refractivity contribution in [2.75, 3.05) is 19.8 Å². The fourth-order valence-corrected chi connectivity index (χ4v) is 8.15. The Morgan fingerprint density at radius 2 is 1.00 bits per heavy atom. The van der Waals surface area contributed by atoms with Crippen molar-refractivity contribution in [2.24, 2.45) is 0 Å². The molecular weight excluding hydrogens is 823 g/mol. The van der Waals surface area contributed by atoms with E-state index in [2.05, 4.69) is 43.5 Å². The minimum atomic E-state index is -1.58. The molecule has 7 unspecified atom stereocenters. The van der Waals surface area contributed by atoms with E-state index in [1.165, 1.54) is 116 Å². The maximum atomic E-state index is 12.9. The smallest absolute Gasteiger partial charge is 0.305 e. The summed E-state index contributed by atoms with van der Waals surface area (Å²) in [7, 11) is 0. The van der Waals surface area contributed by atoms with Crippen molar-refractivity contribution in [3.8, 4) is 0 Å². The topological polar surface area (TPSA) is 175 Å². The molecule has 65 heavy (non-hydrogen) atoms. The lowest BCUT2D eigenvalue weighted by Crippen LogP contribution is -2.60. The summed E-state index contributed by atoms with van der Waals surface area (Å²) in [6.07, 6.45) is 42.4. The van der Waals surface area contributed by atoms with Gasteiger partial charge in [-0.05, 0) is 70.6 Å². The first-order chi connectivity index (χ1) is 31.7. The van der Waals surface area contributed by atoms with E-state index >= 15 is 0 Å². The number of amides is 1. The Hall–Kier alpha value is -2.12. The molecule has 0 bridgehead atoms. The van der Waals surface area contributed by atoms with Gasteiger partial charge in [-0.1, -0.05) is 185 Å². The predicted octanol–water partition coefficient (Wildman–Crippen LogP) is 11.2. The van der Waals surface area contributed by atoms with Gasteiger partial charge in [-0.25, -0.2) is 0 Å². The summed E-state index contributed by atoms with van der Waals surface area (Å²) in [5.41, 5.74) is 0. The number of hydrogen-bond donors (Lipinski definition) is 6. The van der Waals surface area contributed by atoms with Crippen LogP contribution in [0.15, 0.2) is 36.5 Å². The highest BCUT2D eigenvalue weighted by molar-refractivity contribution is 5.76. The third kappa shape index (κ3) is 34.8. The van der Waals surface area contributed by atoms with E-state index in [0.717, 1.165) is 89.9 Å². The van der Waals surface area contributed by atoms with E-state index in [1.807, 2.05) is 6.08 Å². The molecule has 1 aliphatic heterocycles. The molecule has 0 spiro atoms. The summed E-state index contributed by atoms with van der Waals surface area (Å²) in [5.74, 6) is -0.234. The molecule has 1 rings (SSSR count). The van der Waals surface area contributed by atoms with Gasteiger partial charge in [0.15, 0.2) is 6.29 Å². The molecule has 0 aromatic carbocycles. The Kier molecular flexibility index (Phi) is 41.6. The van der Waals surface area contributed by atoms with Gasteiger partial charge in [-0.15, -0.1) is 0 Å². The van der Waals surface area contributed by atoms with Gasteiger partial charge in [0.2, 0.25) is 5.91 Å². The molecule has 0 radical (unpaired) electrons. The zero-order chi connectivity index (χ0) is 47.4. The third-order valence-corrected chi connectivity index (χ3v) is 12.5. The summed E-state index contributed by atoms with van der Waals surface area (Å²) in [6, 6.07) is -0.838. The minimum Gasteiger partial charge on any atom is -0.466 e. The predicted molar refractivity (Wildman–Crippen MR) is 264 cm³/mol. The molecule has 0 aliphatic carbocycles. The molecule has 1 amide bonds. The Bertz CT molecular complexity index is 1180. The van der Waals surface area contributed by atoms with Crippen LogP contribution in [0.2, 0.25) is 0 Å². The van der Waals surface area contributed by atoms with Crippen molar-refractivity contribution in [3.05, 3.63) is 36.5 Å². The largest absolute Gasteiger partial charge is 0.466 e. The van der Waals surface area contributed by atoms with Crippen LogP contribution in [-0.2, 0) is 23.8 Å². The van der Waals surface area contributed by atoms with Crippen LogP contribution in [0.3, 0.4) is 0 Å². The van der Waals surface area contributed by atoms with Crippen LogP contribution in [0, 0.1) is 0 Å². The Morgan fingerprint density at radius 3 is 1.55 bits per heavy atom. The summed E-state index contributed by atoms with van der Waals surface area (Å²) in [5, 5.41) is 54.0. The number of unbranched alkanes of at least 4 members (excludes halogenated alkanes) is 27. The van der Waals surface area contributed by atoms with Gasteiger partial charge in [-0.2, -0.15) is 0 Å². The standard InChI is InChI=1S/C54H99NO10/c1-3-5-7-9-11-13-14-22-26-30-34-38-42-50(59)63-43-39-35-31-27-23-20-18-16-15-17-19-21-25-29-33-37-41-49(58)55-46(47(57)40-36-32-28-24-12-10-8-6-4-2)45-64-54-53(62)52(61)51(60)48(44-56)65-54/h12,15,17,24,36,40,46-48,51-54,56-57,60-62H,3-11,13-14,16,18-23,25-35,37-39,41-45H2,1-2H3,(H,55,58)/b17-15-,24-12+,40-36+. The average molecular weight is 922 g/mol. The quantitative estimate of drug-likeness (QED) is 0.0196. The van der Waals surface area contributed by atoms with Crippen molar-refractivity contribution in [1.82, 2.24) is 5.32 Å². The maximum Gasteiger partial charge on any atom is 0.305 e. The lowest BCUT2D eigenvalue weighted by Gasteiger charge is -2.40. The molecule has 7 atom stereocenters. The third-order valence-electron chi connectivity index (χ3n) is 12.5. The number of aliphatic hydroxyl groups is 5. The fourth-order valence-electron chi connectivity index (χ4n) is 8.15. The van der Waals surface area contributed by atoms with Crippen LogP contribution in [0.1, 0.15) is 232 Å². The van der Waals surface area contributed by atoms with Crippen LogP contribution in [0.5, 0.6) is 0 Å². The number of carbonyl (C=O) groups excluding carboxylic acids is 2. The molecular formula is C54H99NO10. The van der Waals surface area contributed by atoms with Crippen molar-refractivity contribution in [1.29, 1.82) is 0 Å². The first kappa shape index (κ1) is 60.9. The van der Waals surface area contributed by atoms with E-state index in [4.69, 9.17) is 14.2 Å². The van der Waals surface area contributed by atoms with Crippen LogP contribution in [0.25, 0.3) is 0 Å². The highest BCUT2D eigenvalue weighted by Crippen LogP contribution is 2.23. The lowest BCUT2D eigenvalue weighted by atomic mass is 9.99. The first-order valence-electron chi connectivity index (χ1n) is 26.8. The second kappa shape index (κ2) is 44.4. The maximum absolute atomic E-state index is 12.9. The number of esters is 1. The SMILES string of the molecule is CCCCC/C=C/CC/C=C/C(O)C(COC1OC(CO)C(O)C(O)C1O)NC(=O)CCCCCCC/C=C\CCCCCCCCCOC(=O)CCCCCCCCCCCCCC. The van der Waals surface area contributed by atoms with E-state index in [9.17, 15) is 35.1 Å². The van der Waals surface area contributed by atoms with Gasteiger partial charge in [0.1, 0.15) is 24.4 Å². The second-order valence-electron chi connectivity index (χ2n) is 18.6. The summed E-state index contributed by atoms with van der Waals surface area (Å²) < 4.78 is 16.6. The van der Waals surface area contributed by atoms with Crippen molar-refractivity contribution >= 4 is 11.9 Å². The summed E-state index contributed by atoms with van der Waals surface area (Å²) in [4.78, 5) is 25.0. The Labute approximate surface area is 396 Å². The Morgan fingerprint density at radius 1 is 0.554 bits per heavy atom. The zero-order valence-electron chi connectivity index (χ0n) is 41.4. The molecule has 1 aliphatic rings. The van der Waals surface area contributed by atoms with E-state index in [0.29, 0.717) is 19.4 Å². The number of rotatable bonds is 45. The number of allylic oxidation sites excluding steroid dienone is 5. The van der Waals surface area contributed by atoms with E-state index < -0.39 is 49.5 Å². The molecule has 380 valence electrons. The van der Waals surface area contributed by atoms with E-state index in [-0.39, 0.29) is 18.5 Å². The highest BCUT2D eigenvalue weighted by atomic mass is 16.7. The highest BCUT2D eigenvalue weighted by Gasteiger charge is 2.44. The van der Waals surface area contributed by atoms with Crippen LogP contribution in [-0.4, -0.2) is 100 Å². The van der Waals surface area contributed by atoms with Gasteiger partial charge < -0.3 is 45.1 Å². The molecule has 1 heterocycles. The number of hydrogen-bond acceptors (Lipinski definition) is 10. The van der Waals surface area contributed by atoms with Crippen LogP contribution < -0.4 is 5.32 Å². The summed E-state index contributed by atoms with van der Waals surface area (Å²) >= 11 is 0. The molecule has 1 fully saturated rings. The average Bonchev–Trinajstić information content (AvgIpc) is 3.30. The number of aliphatic hydroxyl groups excluding tert-OH is 5. The van der Waals surface area contributed by atoms with Crippen molar-refractivity contribution in [2.45, 2.75) is 275 Å². The molecule has 0 aromatic rings. The zero-order valence-corrected chi connectivity index (χ0v) is 41.4. The molecule has 11 nitrogen and oxygen atoms in total. The van der Waals surface area contributed by atoms with Crippen LogP contribution >= 0.6 is 0 Å². The monoisotopic (exact) mass is 922 g/mol. The lowest BCUT2D eigenvalue weighted by molar-refractivity contribution is -0.302. The second-order valence-corrected chi connectivity index (χ2v) is 18.6. The number of ether oxygens (including phenoxy) is 3. The molecule has 1 saturated heterocycles. The van der Waals surface area contributed by atoms with Crippen LogP contribution in [0.4, 0.5) is 0 Å². The van der Waals surface area contributed by atoms with Gasteiger partial charge in [0.05, 0.1) is 32.0 Å². The first-order valence-corrected chi connectivity index (χ1v) is 26.8. The fraction of sp³-hybridized carbons (Fsp3) is 0.852. The summed E-state index contributed by atoms with van der Waals surface area (Å²) in [6.45, 7) is 4.22. The molecule has 11 heteroatoms. The van der Waals surface area contributed by atoms with Gasteiger partial charge in [0.25, 0.3) is 0 Å². The van der Waals surface area contributed by atoms with Crippen molar-refractivity contribution < 1.29 is 49.3 Å². The molecule has 0 saturated carbocycles. The van der Waals surface area contributed by atoms with Gasteiger partial charge in [-0.3, -0.25) is 9.59 Å². The van der Waals surface area contributed by atoms with Gasteiger partial charge in [0, 0.05) is 12.8 Å². The number of carbonyl (C=O) groups is 2. The number of nitrogens with one attached hydrogen (secondary N) is 1.